The summed E-state index contributed by atoms with van der Waals surface area (Å²) in [5.74, 6) is 0.00788. The minimum Gasteiger partial charge on any atom is -0.435 e. The number of carbonyl (C=O) groups excluding carboxylic acids is 1. The quantitative estimate of drug-likeness (QED) is 0.775. The average molecular weight is 376 g/mol. The van der Waals surface area contributed by atoms with E-state index in [1.54, 1.807) is 24.1 Å². The highest BCUT2D eigenvalue weighted by molar-refractivity contribution is 9.10. The van der Waals surface area contributed by atoms with Crippen molar-refractivity contribution in [2.24, 2.45) is 0 Å². The lowest BCUT2D eigenvalue weighted by Gasteiger charge is -2.17. The lowest BCUT2D eigenvalue weighted by atomic mass is 10.2. The first-order valence-corrected chi connectivity index (χ1v) is 7.67. The number of nitrogens with zero attached hydrogens (tertiary/aromatic N) is 1. The van der Waals surface area contributed by atoms with Crippen LogP contribution in [0.25, 0.3) is 0 Å². The van der Waals surface area contributed by atoms with Gasteiger partial charge in [0.05, 0.1) is 0 Å². The van der Waals surface area contributed by atoms with E-state index in [2.05, 4.69) is 20.7 Å². The SMILES string of the molecule is CN(Cc1ccc(OC(F)F)cc1)C(=O)c1sccc1Br. The largest absolute Gasteiger partial charge is 0.435 e. The van der Waals surface area contributed by atoms with Gasteiger partial charge in [0.2, 0.25) is 0 Å². The summed E-state index contributed by atoms with van der Waals surface area (Å²) in [7, 11) is 1.69. The van der Waals surface area contributed by atoms with Crippen molar-refractivity contribution in [2.45, 2.75) is 13.2 Å². The van der Waals surface area contributed by atoms with Crippen molar-refractivity contribution in [1.29, 1.82) is 0 Å². The molecular weight excluding hydrogens is 364 g/mol. The molecule has 0 N–H and O–H groups in total. The molecule has 0 fully saturated rings. The molecule has 0 aliphatic rings. The van der Waals surface area contributed by atoms with Crippen LogP contribution in [0.1, 0.15) is 15.2 Å². The van der Waals surface area contributed by atoms with E-state index in [0.717, 1.165) is 10.0 Å². The Hall–Kier alpha value is -1.47. The lowest BCUT2D eigenvalue weighted by molar-refractivity contribution is -0.0498. The van der Waals surface area contributed by atoms with Crippen LogP contribution in [-0.2, 0) is 6.54 Å². The molecule has 0 radical (unpaired) electrons. The molecular formula is C14H12BrF2NO2S. The normalized spacial score (nSPS) is 10.7. The molecule has 21 heavy (non-hydrogen) atoms. The van der Waals surface area contributed by atoms with Gasteiger partial charge in [0.25, 0.3) is 5.91 Å². The maximum atomic E-state index is 12.2. The molecule has 1 aromatic carbocycles. The summed E-state index contributed by atoms with van der Waals surface area (Å²) < 4.78 is 29.2. The van der Waals surface area contributed by atoms with Crippen LogP contribution < -0.4 is 4.74 Å². The van der Waals surface area contributed by atoms with Crippen molar-refractivity contribution < 1.29 is 18.3 Å². The highest BCUT2D eigenvalue weighted by atomic mass is 79.9. The maximum Gasteiger partial charge on any atom is 0.387 e. The summed E-state index contributed by atoms with van der Waals surface area (Å²) >= 11 is 4.69. The minimum atomic E-state index is -2.84. The van der Waals surface area contributed by atoms with Crippen LogP contribution in [0.4, 0.5) is 8.78 Å². The molecule has 0 spiro atoms. The number of carbonyl (C=O) groups is 1. The molecule has 0 aliphatic heterocycles. The van der Waals surface area contributed by atoms with Crippen molar-refractivity contribution >= 4 is 33.2 Å². The molecule has 0 saturated carbocycles. The smallest absolute Gasteiger partial charge is 0.387 e. The van der Waals surface area contributed by atoms with Gasteiger partial charge in [-0.05, 0) is 45.1 Å². The second-order valence-corrected chi connectivity index (χ2v) is 6.05. The molecule has 1 aromatic heterocycles. The van der Waals surface area contributed by atoms with Crippen molar-refractivity contribution in [3.8, 4) is 5.75 Å². The van der Waals surface area contributed by atoms with Gasteiger partial charge in [0.15, 0.2) is 0 Å². The summed E-state index contributed by atoms with van der Waals surface area (Å²) in [6.07, 6.45) is 0. The van der Waals surface area contributed by atoms with Crippen LogP contribution in [0.15, 0.2) is 40.2 Å². The molecule has 0 bridgehead atoms. The molecule has 7 heteroatoms. The first-order valence-electron chi connectivity index (χ1n) is 5.99. The van der Waals surface area contributed by atoms with Gasteiger partial charge in [-0.1, -0.05) is 12.1 Å². The number of hydrogen-bond acceptors (Lipinski definition) is 3. The van der Waals surface area contributed by atoms with Crippen LogP contribution in [0.2, 0.25) is 0 Å². The van der Waals surface area contributed by atoms with E-state index in [1.807, 2.05) is 11.4 Å². The number of halogens is 3. The molecule has 1 amide bonds. The molecule has 0 aliphatic carbocycles. The number of benzene rings is 1. The highest BCUT2D eigenvalue weighted by Gasteiger charge is 2.16. The predicted octanol–water partition coefficient (Wildman–Crippen LogP) is 4.38. The summed E-state index contributed by atoms with van der Waals surface area (Å²) in [4.78, 5) is 14.4. The van der Waals surface area contributed by atoms with Gasteiger partial charge >= 0.3 is 6.61 Å². The Bertz CT molecular complexity index is 616. The van der Waals surface area contributed by atoms with Gasteiger partial charge in [-0.25, -0.2) is 0 Å². The Kier molecular flexibility index (Phi) is 5.30. The molecule has 0 unspecified atom stereocenters. The topological polar surface area (TPSA) is 29.5 Å². The molecule has 2 rings (SSSR count). The van der Waals surface area contributed by atoms with Crippen LogP contribution >= 0.6 is 27.3 Å². The Labute approximate surface area is 133 Å². The zero-order valence-electron chi connectivity index (χ0n) is 11.1. The number of amides is 1. The maximum absolute atomic E-state index is 12.2. The third-order valence-corrected chi connectivity index (χ3v) is 4.55. The van der Waals surface area contributed by atoms with E-state index in [0.29, 0.717) is 11.4 Å². The van der Waals surface area contributed by atoms with Crippen LogP contribution in [0.5, 0.6) is 5.75 Å². The van der Waals surface area contributed by atoms with Gasteiger partial charge in [-0.15, -0.1) is 11.3 Å². The standard InChI is InChI=1S/C14H12BrF2NO2S/c1-18(13(19)12-11(15)6-7-21-12)8-9-2-4-10(5-3-9)20-14(16)17/h2-7,14H,8H2,1H3. The van der Waals surface area contributed by atoms with E-state index in [1.165, 1.54) is 23.5 Å². The minimum absolute atomic E-state index is 0.0928. The van der Waals surface area contributed by atoms with E-state index in [-0.39, 0.29) is 11.7 Å². The Balaban J connectivity index is 2.01. The van der Waals surface area contributed by atoms with Crippen molar-refractivity contribution in [3.05, 3.63) is 50.6 Å². The molecule has 3 nitrogen and oxygen atoms in total. The van der Waals surface area contributed by atoms with Crippen LogP contribution in [-0.4, -0.2) is 24.5 Å². The van der Waals surface area contributed by atoms with Gasteiger partial charge < -0.3 is 9.64 Å². The number of ether oxygens (including phenoxy) is 1. The second kappa shape index (κ2) is 7.00. The summed E-state index contributed by atoms with van der Waals surface area (Å²) in [5.41, 5.74) is 0.833. The first-order chi connectivity index (χ1) is 9.97. The number of rotatable bonds is 5. The highest BCUT2D eigenvalue weighted by Crippen LogP contribution is 2.24. The summed E-state index contributed by atoms with van der Waals surface area (Å²) in [6, 6.07) is 8.06. The molecule has 112 valence electrons. The number of hydrogen-bond donors (Lipinski definition) is 0. The van der Waals surface area contributed by atoms with Crippen LogP contribution in [0.3, 0.4) is 0 Å². The fourth-order valence-corrected chi connectivity index (χ4v) is 3.28. The fourth-order valence-electron chi connectivity index (χ4n) is 1.74. The molecule has 2 aromatic rings. The van der Waals surface area contributed by atoms with Crippen molar-refractivity contribution in [3.63, 3.8) is 0 Å². The Morgan fingerprint density at radius 2 is 2.00 bits per heavy atom. The lowest BCUT2D eigenvalue weighted by Crippen LogP contribution is -2.25. The summed E-state index contributed by atoms with van der Waals surface area (Å²) in [5, 5.41) is 1.83. The van der Waals surface area contributed by atoms with Gasteiger partial charge in [0, 0.05) is 18.1 Å². The molecule has 0 atom stereocenters. The number of alkyl halides is 2. The Morgan fingerprint density at radius 1 is 1.33 bits per heavy atom. The van der Waals surface area contributed by atoms with E-state index in [9.17, 15) is 13.6 Å². The van der Waals surface area contributed by atoms with E-state index >= 15 is 0 Å². The number of thiophene rings is 1. The monoisotopic (exact) mass is 375 g/mol. The van der Waals surface area contributed by atoms with Gasteiger partial charge in [-0.3, -0.25) is 4.79 Å². The average Bonchev–Trinajstić information content (AvgIpc) is 2.85. The van der Waals surface area contributed by atoms with Gasteiger partial charge in [-0.2, -0.15) is 8.78 Å². The van der Waals surface area contributed by atoms with Gasteiger partial charge in [0.1, 0.15) is 10.6 Å². The van der Waals surface area contributed by atoms with Crippen molar-refractivity contribution in [2.75, 3.05) is 7.05 Å². The Morgan fingerprint density at radius 3 is 2.52 bits per heavy atom. The summed E-state index contributed by atoms with van der Waals surface area (Å²) in [6.45, 7) is -2.45. The van der Waals surface area contributed by atoms with Crippen molar-refractivity contribution in [1.82, 2.24) is 4.90 Å². The second-order valence-electron chi connectivity index (χ2n) is 4.28. The zero-order valence-corrected chi connectivity index (χ0v) is 13.5. The molecule has 0 saturated heterocycles. The third-order valence-electron chi connectivity index (χ3n) is 2.73. The third kappa shape index (κ3) is 4.25. The van der Waals surface area contributed by atoms with Crippen LogP contribution in [0, 0.1) is 0 Å². The zero-order chi connectivity index (χ0) is 15.4. The first kappa shape index (κ1) is 15.9. The van der Waals surface area contributed by atoms with E-state index < -0.39 is 6.61 Å². The molecule has 1 heterocycles. The van der Waals surface area contributed by atoms with E-state index in [4.69, 9.17) is 0 Å². The predicted molar refractivity (Wildman–Crippen MR) is 80.9 cm³/mol. The fraction of sp³-hybridized carbons (Fsp3) is 0.214.